The van der Waals surface area contributed by atoms with E-state index in [1.165, 1.54) is 29.1 Å². The molecule has 0 fully saturated rings. The number of halogens is 2. The van der Waals surface area contributed by atoms with Crippen LogP contribution >= 0.6 is 11.6 Å². The predicted octanol–water partition coefficient (Wildman–Crippen LogP) is 4.58. The average Bonchev–Trinajstić information content (AvgIpc) is 2.77. The number of aromatic nitrogens is 2. The van der Waals surface area contributed by atoms with Crippen LogP contribution in [0, 0.1) is 12.7 Å². The van der Waals surface area contributed by atoms with Crippen LogP contribution in [-0.4, -0.2) is 18.0 Å². The van der Waals surface area contributed by atoms with Gasteiger partial charge in [0.2, 0.25) is 0 Å². The molecule has 0 bridgehead atoms. The van der Waals surface area contributed by atoms with E-state index >= 15 is 0 Å². The molecule has 1 heterocycles. The van der Waals surface area contributed by atoms with Crippen LogP contribution in [-0.2, 0) is 17.1 Å². The van der Waals surface area contributed by atoms with E-state index in [0.29, 0.717) is 22.2 Å². The van der Waals surface area contributed by atoms with Crippen LogP contribution in [0.25, 0.3) is 10.9 Å². The number of benzene rings is 3. The Hall–Kier alpha value is -3.43. The van der Waals surface area contributed by atoms with Gasteiger partial charge in [0, 0.05) is 12.7 Å². The Labute approximate surface area is 188 Å². The van der Waals surface area contributed by atoms with E-state index in [4.69, 9.17) is 11.6 Å². The van der Waals surface area contributed by atoms with Gasteiger partial charge in [0.1, 0.15) is 5.82 Å². The molecule has 0 aliphatic carbocycles. The lowest BCUT2D eigenvalue weighted by Gasteiger charge is -2.16. The van der Waals surface area contributed by atoms with Crippen molar-refractivity contribution in [2.24, 2.45) is 7.05 Å². The van der Waals surface area contributed by atoms with Gasteiger partial charge in [-0.3, -0.25) is 9.52 Å². The van der Waals surface area contributed by atoms with Crippen LogP contribution < -0.4 is 15.6 Å². The van der Waals surface area contributed by atoms with Gasteiger partial charge in [-0.1, -0.05) is 29.8 Å². The van der Waals surface area contributed by atoms with Crippen LogP contribution in [0.5, 0.6) is 0 Å². The molecule has 0 spiro atoms. The Morgan fingerprint density at radius 3 is 2.44 bits per heavy atom. The molecule has 32 heavy (non-hydrogen) atoms. The van der Waals surface area contributed by atoms with Crippen molar-refractivity contribution < 1.29 is 12.8 Å². The van der Waals surface area contributed by atoms with E-state index in [1.54, 1.807) is 44.3 Å². The van der Waals surface area contributed by atoms with Crippen molar-refractivity contribution >= 4 is 49.6 Å². The van der Waals surface area contributed by atoms with E-state index in [9.17, 15) is 17.6 Å². The number of fused-ring (bicyclic) bond motifs is 1. The zero-order chi connectivity index (χ0) is 23.0. The molecule has 0 aliphatic heterocycles. The van der Waals surface area contributed by atoms with Gasteiger partial charge in [-0.15, -0.1) is 0 Å². The Morgan fingerprint density at radius 1 is 1.03 bits per heavy atom. The van der Waals surface area contributed by atoms with Gasteiger partial charge in [-0.05, 0) is 48.9 Å². The summed E-state index contributed by atoms with van der Waals surface area (Å²) in [6.07, 6.45) is 1.43. The predicted molar refractivity (Wildman–Crippen MR) is 124 cm³/mol. The number of hydrogen-bond acceptors (Lipinski definition) is 5. The molecule has 4 rings (SSSR count). The van der Waals surface area contributed by atoms with Gasteiger partial charge in [0.05, 0.1) is 38.5 Å². The summed E-state index contributed by atoms with van der Waals surface area (Å²) < 4.78 is 43.7. The van der Waals surface area contributed by atoms with Crippen molar-refractivity contribution in [2.45, 2.75) is 11.8 Å². The van der Waals surface area contributed by atoms with Crippen LogP contribution in [0.1, 0.15) is 5.56 Å². The van der Waals surface area contributed by atoms with Gasteiger partial charge < -0.3 is 9.88 Å². The summed E-state index contributed by atoms with van der Waals surface area (Å²) in [7, 11) is -2.33. The highest BCUT2D eigenvalue weighted by Gasteiger charge is 2.20. The number of sulfonamides is 1. The number of hydrogen-bond donors (Lipinski definition) is 2. The van der Waals surface area contributed by atoms with Crippen LogP contribution in [0.4, 0.5) is 21.5 Å². The summed E-state index contributed by atoms with van der Waals surface area (Å²) in [5.74, 6) is -0.684. The summed E-state index contributed by atoms with van der Waals surface area (Å²) in [6, 6.07) is 13.4. The molecule has 10 heteroatoms. The molecule has 4 aromatic rings. The third kappa shape index (κ3) is 3.92. The molecular weight excluding hydrogens is 455 g/mol. The van der Waals surface area contributed by atoms with E-state index < -0.39 is 15.8 Å². The van der Waals surface area contributed by atoms with Gasteiger partial charge in [-0.25, -0.2) is 17.8 Å². The lowest BCUT2D eigenvalue weighted by atomic mass is 10.1. The second kappa shape index (κ2) is 8.25. The van der Waals surface area contributed by atoms with Gasteiger partial charge >= 0.3 is 0 Å². The second-order valence-electron chi connectivity index (χ2n) is 7.12. The first-order valence-corrected chi connectivity index (χ1v) is 11.3. The average molecular weight is 473 g/mol. The summed E-state index contributed by atoms with van der Waals surface area (Å²) in [5, 5.41) is 3.13. The summed E-state index contributed by atoms with van der Waals surface area (Å²) in [4.78, 5) is 16.8. The first-order chi connectivity index (χ1) is 15.2. The zero-order valence-electron chi connectivity index (χ0n) is 17.1. The maximum absolute atomic E-state index is 14.7. The number of rotatable bonds is 5. The van der Waals surface area contributed by atoms with Crippen LogP contribution in [0.2, 0.25) is 5.02 Å². The van der Waals surface area contributed by atoms with Gasteiger partial charge in [0.15, 0.2) is 0 Å². The molecule has 7 nitrogen and oxygen atoms in total. The second-order valence-corrected chi connectivity index (χ2v) is 9.18. The van der Waals surface area contributed by atoms with Crippen molar-refractivity contribution in [1.29, 1.82) is 0 Å². The lowest BCUT2D eigenvalue weighted by Crippen LogP contribution is -2.18. The van der Waals surface area contributed by atoms with Crippen molar-refractivity contribution in [3.63, 3.8) is 0 Å². The fraction of sp³-hybridized carbons (Fsp3) is 0.0909. The third-order valence-corrected chi connectivity index (χ3v) is 6.77. The SMILES string of the molecule is Cc1c(Nc2c(F)ccc(NS(=O)(=O)c3ccccc3)c2Cl)ccc2ncn(C)c(=O)c12. The molecule has 164 valence electrons. The Balaban J connectivity index is 1.75. The molecular formula is C22H18ClFN4O3S. The Kier molecular flexibility index (Phi) is 5.62. The number of nitrogens with one attached hydrogen (secondary N) is 2. The molecule has 0 radical (unpaired) electrons. The largest absolute Gasteiger partial charge is 0.352 e. The van der Waals surface area contributed by atoms with E-state index in [1.807, 2.05) is 0 Å². The minimum absolute atomic E-state index is 0.00967. The molecule has 0 saturated heterocycles. The van der Waals surface area contributed by atoms with Crippen molar-refractivity contribution in [2.75, 3.05) is 10.0 Å². The fourth-order valence-corrected chi connectivity index (χ4v) is 4.67. The van der Waals surface area contributed by atoms with Gasteiger partial charge in [-0.2, -0.15) is 0 Å². The highest BCUT2D eigenvalue weighted by molar-refractivity contribution is 7.92. The van der Waals surface area contributed by atoms with Gasteiger partial charge in [0.25, 0.3) is 15.6 Å². The van der Waals surface area contributed by atoms with E-state index in [0.717, 1.165) is 6.07 Å². The number of nitrogens with zero attached hydrogens (tertiary/aromatic N) is 2. The quantitative estimate of drug-likeness (QED) is 0.443. The van der Waals surface area contributed by atoms with Crippen LogP contribution in [0.3, 0.4) is 0 Å². The van der Waals surface area contributed by atoms with Crippen molar-refractivity contribution in [3.05, 3.63) is 87.7 Å². The topological polar surface area (TPSA) is 93.1 Å². The maximum atomic E-state index is 14.7. The Bertz CT molecular complexity index is 1510. The molecule has 0 unspecified atom stereocenters. The number of aryl methyl sites for hydroxylation is 2. The summed E-state index contributed by atoms with van der Waals surface area (Å²) in [5.41, 5.74) is 1.14. The highest BCUT2D eigenvalue weighted by Crippen LogP contribution is 2.37. The fourth-order valence-electron chi connectivity index (χ4n) is 3.27. The monoisotopic (exact) mass is 472 g/mol. The van der Waals surface area contributed by atoms with Crippen molar-refractivity contribution in [3.8, 4) is 0 Å². The molecule has 0 atom stereocenters. The minimum Gasteiger partial charge on any atom is -0.352 e. The molecule has 0 saturated carbocycles. The summed E-state index contributed by atoms with van der Waals surface area (Å²) >= 11 is 6.38. The standard InChI is InChI=1S/C22H18ClFN4O3S/c1-13-16(10-11-17-19(13)22(29)28(2)12-25-17)26-21-15(24)8-9-18(20(21)23)27-32(30,31)14-6-4-3-5-7-14/h3-12,26-27H,1-2H3. The number of anilines is 3. The normalized spacial score (nSPS) is 11.5. The third-order valence-electron chi connectivity index (χ3n) is 5.00. The molecule has 1 aromatic heterocycles. The first-order valence-electron chi connectivity index (χ1n) is 9.47. The van der Waals surface area contributed by atoms with Crippen molar-refractivity contribution in [1.82, 2.24) is 9.55 Å². The maximum Gasteiger partial charge on any atom is 0.261 e. The molecule has 0 aliphatic rings. The Morgan fingerprint density at radius 2 is 1.72 bits per heavy atom. The molecule has 2 N–H and O–H groups in total. The molecule has 0 amide bonds. The highest BCUT2D eigenvalue weighted by atomic mass is 35.5. The molecule has 3 aromatic carbocycles. The van der Waals surface area contributed by atoms with E-state index in [2.05, 4.69) is 15.0 Å². The zero-order valence-corrected chi connectivity index (χ0v) is 18.6. The van der Waals surface area contributed by atoms with Crippen LogP contribution in [0.15, 0.2) is 70.6 Å². The lowest BCUT2D eigenvalue weighted by molar-refractivity contribution is 0.601. The minimum atomic E-state index is -3.92. The summed E-state index contributed by atoms with van der Waals surface area (Å²) in [6.45, 7) is 1.71. The smallest absolute Gasteiger partial charge is 0.261 e. The first kappa shape index (κ1) is 21.8. The van der Waals surface area contributed by atoms with E-state index in [-0.39, 0.29) is 26.9 Å².